The molecule has 0 spiro atoms. The molecule has 1 heterocycles. The molecule has 12 heavy (non-hydrogen) atoms. The van der Waals surface area contributed by atoms with E-state index in [1.807, 2.05) is 13.1 Å². The average Bonchev–Trinajstić information content (AvgIpc) is 2.09. The molecule has 0 aliphatic carbocycles. The van der Waals surface area contributed by atoms with Gasteiger partial charge >= 0.3 is 0 Å². The van der Waals surface area contributed by atoms with Crippen LogP contribution in [0.3, 0.4) is 0 Å². The molecule has 0 fully saturated rings. The molecule has 1 aromatic heterocycles. The number of unbranched alkanes of at least 4 members (excludes halogenated alkanes) is 2. The van der Waals surface area contributed by atoms with Crippen molar-refractivity contribution in [3.8, 4) is 0 Å². The Bertz CT molecular complexity index is 213. The molecule has 0 saturated heterocycles. The lowest BCUT2D eigenvalue weighted by molar-refractivity contribution is 0.716. The van der Waals surface area contributed by atoms with Gasteiger partial charge in [0.25, 0.3) is 0 Å². The molecule has 1 heteroatoms. The maximum atomic E-state index is 4.17. The molecule has 0 aliphatic rings. The Kier molecular flexibility index (Phi) is 3.60. The zero-order valence-electron chi connectivity index (χ0n) is 7.85. The fraction of sp³-hybridized carbons (Fsp3) is 0.545. The number of aromatic nitrogens is 1. The third-order valence-corrected chi connectivity index (χ3v) is 1.87. The van der Waals surface area contributed by atoms with Gasteiger partial charge in [0.1, 0.15) is 0 Å². The lowest BCUT2D eigenvalue weighted by Gasteiger charge is -1.95. The summed E-state index contributed by atoms with van der Waals surface area (Å²) >= 11 is 0. The van der Waals surface area contributed by atoms with Crippen LogP contribution in [0, 0.1) is 19.1 Å². The highest BCUT2D eigenvalue weighted by Gasteiger charge is 1.91. The van der Waals surface area contributed by atoms with E-state index in [2.05, 4.69) is 24.0 Å². The van der Waals surface area contributed by atoms with Crippen molar-refractivity contribution in [2.75, 3.05) is 0 Å². The summed E-state index contributed by atoms with van der Waals surface area (Å²) in [5.74, 6) is 0. The minimum absolute atomic E-state index is 0.925. The first-order chi connectivity index (χ1) is 5.83. The van der Waals surface area contributed by atoms with Crippen molar-refractivity contribution < 1.29 is 0 Å². The Hall–Kier alpha value is -1.03. The van der Waals surface area contributed by atoms with Crippen molar-refractivity contribution in [3.05, 3.63) is 29.6 Å². The van der Waals surface area contributed by atoms with E-state index < -0.39 is 0 Å². The van der Waals surface area contributed by atoms with Gasteiger partial charge in [0.2, 0.25) is 0 Å². The van der Waals surface area contributed by atoms with E-state index in [0.717, 1.165) is 12.1 Å². The van der Waals surface area contributed by atoms with Gasteiger partial charge in [-0.3, -0.25) is 4.98 Å². The normalized spacial score (nSPS) is 9.50. The highest BCUT2D eigenvalue weighted by atomic mass is 14.6. The first-order valence-corrected chi connectivity index (χ1v) is 4.58. The summed E-state index contributed by atoms with van der Waals surface area (Å²) in [6, 6.07) is 6.10. The Morgan fingerprint density at radius 1 is 1.33 bits per heavy atom. The standard InChI is InChI=1S/C11H15N/c1-3-4-5-6-11-8-7-10(2)12-9-11/h9H,3-6H2,1-2H3. The fourth-order valence-electron chi connectivity index (χ4n) is 1.10. The summed E-state index contributed by atoms with van der Waals surface area (Å²) in [6.45, 7) is 4.15. The summed E-state index contributed by atoms with van der Waals surface area (Å²) < 4.78 is 0. The molecule has 0 amide bonds. The summed E-state index contributed by atoms with van der Waals surface area (Å²) in [7, 11) is 0. The van der Waals surface area contributed by atoms with Crippen molar-refractivity contribution in [2.45, 2.75) is 39.5 Å². The second kappa shape index (κ2) is 4.77. The lowest BCUT2D eigenvalue weighted by atomic mass is 10.1. The number of nitrogens with zero attached hydrogens (tertiary/aromatic N) is 1. The number of hydrogen-bond donors (Lipinski definition) is 0. The van der Waals surface area contributed by atoms with Gasteiger partial charge < -0.3 is 0 Å². The van der Waals surface area contributed by atoms with Crippen LogP contribution in [-0.4, -0.2) is 4.98 Å². The molecule has 0 saturated carbocycles. The smallest absolute Gasteiger partial charge is 0.0872 e. The van der Waals surface area contributed by atoms with Crippen LogP contribution < -0.4 is 0 Å². The summed E-state index contributed by atoms with van der Waals surface area (Å²) in [5, 5.41) is 0. The lowest BCUT2D eigenvalue weighted by Crippen LogP contribution is -1.86. The van der Waals surface area contributed by atoms with E-state index in [9.17, 15) is 0 Å². The first-order valence-electron chi connectivity index (χ1n) is 4.58. The van der Waals surface area contributed by atoms with Crippen LogP contribution in [0.2, 0.25) is 0 Å². The SMILES string of the molecule is CCCCCc1c#cc(C)nc1. The van der Waals surface area contributed by atoms with Gasteiger partial charge in [0.05, 0.1) is 5.69 Å². The Morgan fingerprint density at radius 2 is 2.17 bits per heavy atom. The highest BCUT2D eigenvalue weighted by Crippen LogP contribution is 2.02. The van der Waals surface area contributed by atoms with Crippen molar-refractivity contribution in [1.29, 1.82) is 0 Å². The highest BCUT2D eigenvalue weighted by molar-refractivity contribution is 5.04. The number of rotatable bonds is 4. The predicted octanol–water partition coefficient (Wildman–Crippen LogP) is 2.72. The predicted molar refractivity (Wildman–Crippen MR) is 49.9 cm³/mol. The monoisotopic (exact) mass is 161 g/mol. The largest absolute Gasteiger partial charge is 0.252 e. The second-order valence-electron chi connectivity index (χ2n) is 3.08. The molecule has 1 aromatic rings. The molecule has 0 radical (unpaired) electrons. The van der Waals surface area contributed by atoms with E-state index in [-0.39, 0.29) is 0 Å². The van der Waals surface area contributed by atoms with Gasteiger partial charge in [-0.25, -0.2) is 0 Å². The van der Waals surface area contributed by atoms with Crippen LogP contribution in [0.15, 0.2) is 6.20 Å². The third-order valence-electron chi connectivity index (χ3n) is 1.87. The molecule has 0 unspecified atom stereocenters. The van der Waals surface area contributed by atoms with Crippen molar-refractivity contribution in [2.24, 2.45) is 0 Å². The summed E-state index contributed by atoms with van der Waals surface area (Å²) in [6.07, 6.45) is 6.80. The van der Waals surface area contributed by atoms with Gasteiger partial charge in [-0.1, -0.05) is 25.8 Å². The van der Waals surface area contributed by atoms with Crippen LogP contribution in [0.1, 0.15) is 37.4 Å². The Balaban J connectivity index is 2.37. The van der Waals surface area contributed by atoms with Crippen molar-refractivity contribution >= 4 is 0 Å². The van der Waals surface area contributed by atoms with E-state index in [1.54, 1.807) is 0 Å². The molecule has 64 valence electrons. The zero-order valence-corrected chi connectivity index (χ0v) is 7.85. The molecule has 1 nitrogen and oxygen atoms in total. The quantitative estimate of drug-likeness (QED) is 0.619. The Labute approximate surface area is 74.8 Å². The van der Waals surface area contributed by atoms with Gasteiger partial charge in [-0.2, -0.15) is 0 Å². The maximum Gasteiger partial charge on any atom is 0.0872 e. The van der Waals surface area contributed by atoms with Crippen LogP contribution in [0.4, 0.5) is 0 Å². The molecule has 0 N–H and O–H groups in total. The first kappa shape index (κ1) is 9.06. The Morgan fingerprint density at radius 3 is 2.75 bits per heavy atom. The van der Waals surface area contributed by atoms with Gasteiger partial charge in [-0.05, 0) is 25.8 Å². The second-order valence-corrected chi connectivity index (χ2v) is 3.08. The van der Waals surface area contributed by atoms with Crippen LogP contribution in [0.25, 0.3) is 0 Å². The molecule has 0 atom stereocenters. The molecule has 1 rings (SSSR count). The van der Waals surface area contributed by atoms with Gasteiger partial charge in [0.15, 0.2) is 0 Å². The minimum atomic E-state index is 0.925. The molecule has 0 aromatic carbocycles. The maximum absolute atomic E-state index is 4.17. The van der Waals surface area contributed by atoms with Crippen molar-refractivity contribution in [1.82, 2.24) is 4.98 Å². The van der Waals surface area contributed by atoms with Gasteiger partial charge in [0, 0.05) is 11.8 Å². The topological polar surface area (TPSA) is 12.9 Å². The van der Waals surface area contributed by atoms with Gasteiger partial charge in [-0.15, -0.1) is 0 Å². The number of aryl methyl sites for hydroxylation is 2. The molecular formula is C11H15N. The molecule has 0 bridgehead atoms. The summed E-state index contributed by atoms with van der Waals surface area (Å²) in [5.41, 5.74) is 2.11. The van der Waals surface area contributed by atoms with E-state index in [1.165, 1.54) is 24.8 Å². The third kappa shape index (κ3) is 2.92. The van der Waals surface area contributed by atoms with E-state index in [4.69, 9.17) is 0 Å². The van der Waals surface area contributed by atoms with E-state index >= 15 is 0 Å². The molecular weight excluding hydrogens is 146 g/mol. The summed E-state index contributed by atoms with van der Waals surface area (Å²) in [4.78, 5) is 4.17. The molecule has 0 aliphatic heterocycles. The average molecular weight is 161 g/mol. The van der Waals surface area contributed by atoms with Crippen LogP contribution in [-0.2, 0) is 6.42 Å². The number of hydrogen-bond acceptors (Lipinski definition) is 1. The zero-order chi connectivity index (χ0) is 8.81. The fourth-order valence-corrected chi connectivity index (χ4v) is 1.10. The van der Waals surface area contributed by atoms with Crippen LogP contribution in [0.5, 0.6) is 0 Å². The van der Waals surface area contributed by atoms with Crippen LogP contribution >= 0.6 is 0 Å². The van der Waals surface area contributed by atoms with E-state index in [0.29, 0.717) is 0 Å². The van der Waals surface area contributed by atoms with Crippen molar-refractivity contribution in [3.63, 3.8) is 0 Å². The minimum Gasteiger partial charge on any atom is -0.252 e.